The van der Waals surface area contributed by atoms with Crippen LogP contribution in [0.2, 0.25) is 0 Å². The Morgan fingerprint density at radius 3 is 2.72 bits per heavy atom. The third kappa shape index (κ3) is 3.10. The van der Waals surface area contributed by atoms with E-state index in [9.17, 15) is 0 Å². The standard InChI is InChI=1S/C13H19N3OS/c1-5-16-7-10(6-14-16)17-8-12-15-11(9-18-12)13(2,3)4/h6-7,9H,5,8H2,1-4H3. The van der Waals surface area contributed by atoms with Gasteiger partial charge in [-0.05, 0) is 6.92 Å². The maximum absolute atomic E-state index is 5.67. The highest BCUT2D eigenvalue weighted by Crippen LogP contribution is 2.24. The summed E-state index contributed by atoms with van der Waals surface area (Å²) in [5.41, 5.74) is 1.22. The summed E-state index contributed by atoms with van der Waals surface area (Å²) in [6.45, 7) is 9.91. The zero-order valence-corrected chi connectivity index (χ0v) is 12.1. The highest BCUT2D eigenvalue weighted by molar-refractivity contribution is 7.09. The van der Waals surface area contributed by atoms with Crippen LogP contribution in [-0.2, 0) is 18.6 Å². The molecule has 5 heteroatoms. The molecule has 0 unspecified atom stereocenters. The number of nitrogens with zero attached hydrogens (tertiary/aromatic N) is 3. The summed E-state index contributed by atoms with van der Waals surface area (Å²) < 4.78 is 7.51. The number of ether oxygens (including phenoxy) is 1. The van der Waals surface area contributed by atoms with Gasteiger partial charge in [0.05, 0.1) is 18.1 Å². The van der Waals surface area contributed by atoms with Crippen molar-refractivity contribution in [1.82, 2.24) is 14.8 Å². The lowest BCUT2D eigenvalue weighted by molar-refractivity contribution is 0.304. The molecule has 0 spiro atoms. The third-order valence-electron chi connectivity index (χ3n) is 2.62. The van der Waals surface area contributed by atoms with Crippen LogP contribution in [0, 0.1) is 0 Å². The monoisotopic (exact) mass is 265 g/mol. The van der Waals surface area contributed by atoms with Crippen LogP contribution in [0.1, 0.15) is 38.4 Å². The molecular weight excluding hydrogens is 246 g/mol. The molecule has 2 aromatic heterocycles. The number of aromatic nitrogens is 3. The van der Waals surface area contributed by atoms with E-state index in [0.717, 1.165) is 23.0 Å². The molecule has 18 heavy (non-hydrogen) atoms. The molecule has 98 valence electrons. The Balaban J connectivity index is 1.96. The topological polar surface area (TPSA) is 39.9 Å². The highest BCUT2D eigenvalue weighted by Gasteiger charge is 2.17. The Bertz CT molecular complexity index is 510. The van der Waals surface area contributed by atoms with Crippen molar-refractivity contribution in [3.63, 3.8) is 0 Å². The zero-order valence-electron chi connectivity index (χ0n) is 11.3. The van der Waals surface area contributed by atoms with Crippen molar-refractivity contribution in [2.45, 2.75) is 46.3 Å². The minimum atomic E-state index is 0.0991. The molecule has 0 fully saturated rings. The van der Waals surface area contributed by atoms with E-state index in [0.29, 0.717) is 6.61 Å². The summed E-state index contributed by atoms with van der Waals surface area (Å²) in [6, 6.07) is 0. The third-order valence-corrected chi connectivity index (χ3v) is 3.44. The Kier molecular flexibility index (Phi) is 3.71. The molecule has 4 nitrogen and oxygen atoms in total. The molecule has 0 radical (unpaired) electrons. The van der Waals surface area contributed by atoms with E-state index in [1.807, 2.05) is 17.8 Å². The average Bonchev–Trinajstić information content (AvgIpc) is 2.94. The summed E-state index contributed by atoms with van der Waals surface area (Å²) in [5.74, 6) is 0.796. The fourth-order valence-corrected chi connectivity index (χ4v) is 2.39. The molecule has 0 aromatic carbocycles. The summed E-state index contributed by atoms with van der Waals surface area (Å²) in [5, 5.41) is 7.28. The number of aryl methyl sites for hydroxylation is 1. The Hall–Kier alpha value is -1.36. The second-order valence-corrected chi connectivity index (χ2v) is 6.14. The van der Waals surface area contributed by atoms with E-state index >= 15 is 0 Å². The zero-order chi connectivity index (χ0) is 13.2. The largest absolute Gasteiger partial charge is 0.483 e. The van der Waals surface area contributed by atoms with Gasteiger partial charge in [0, 0.05) is 17.3 Å². The van der Waals surface area contributed by atoms with Crippen LogP contribution in [0.25, 0.3) is 0 Å². The fraction of sp³-hybridized carbons (Fsp3) is 0.538. The van der Waals surface area contributed by atoms with Crippen molar-refractivity contribution in [3.05, 3.63) is 28.5 Å². The first-order valence-electron chi connectivity index (χ1n) is 6.09. The van der Waals surface area contributed by atoms with Crippen LogP contribution in [-0.4, -0.2) is 14.8 Å². The van der Waals surface area contributed by atoms with Crippen molar-refractivity contribution in [1.29, 1.82) is 0 Å². The van der Waals surface area contributed by atoms with Gasteiger partial charge in [0.25, 0.3) is 0 Å². The summed E-state index contributed by atoms with van der Waals surface area (Å²) in [7, 11) is 0. The highest BCUT2D eigenvalue weighted by atomic mass is 32.1. The van der Waals surface area contributed by atoms with E-state index in [2.05, 4.69) is 36.2 Å². The van der Waals surface area contributed by atoms with Gasteiger partial charge in [0.1, 0.15) is 11.6 Å². The average molecular weight is 265 g/mol. The predicted molar refractivity (Wildman–Crippen MR) is 73.0 cm³/mol. The minimum Gasteiger partial charge on any atom is -0.483 e. The van der Waals surface area contributed by atoms with Gasteiger partial charge in [-0.2, -0.15) is 5.10 Å². The Labute approximate surface area is 112 Å². The van der Waals surface area contributed by atoms with Crippen LogP contribution in [0.3, 0.4) is 0 Å². The van der Waals surface area contributed by atoms with Gasteiger partial charge in [-0.25, -0.2) is 4.98 Å². The van der Waals surface area contributed by atoms with E-state index in [-0.39, 0.29) is 5.41 Å². The molecule has 0 aliphatic rings. The van der Waals surface area contributed by atoms with E-state index in [1.165, 1.54) is 0 Å². The maximum Gasteiger partial charge on any atom is 0.157 e. The lowest BCUT2D eigenvalue weighted by atomic mass is 9.93. The van der Waals surface area contributed by atoms with Crippen LogP contribution >= 0.6 is 11.3 Å². The molecule has 2 rings (SSSR count). The molecule has 0 bridgehead atoms. The molecule has 0 saturated carbocycles. The van der Waals surface area contributed by atoms with Gasteiger partial charge >= 0.3 is 0 Å². The first-order chi connectivity index (χ1) is 8.49. The van der Waals surface area contributed by atoms with Crippen LogP contribution in [0.15, 0.2) is 17.8 Å². The van der Waals surface area contributed by atoms with Crippen molar-refractivity contribution in [2.24, 2.45) is 0 Å². The van der Waals surface area contributed by atoms with Crippen LogP contribution < -0.4 is 4.74 Å². The van der Waals surface area contributed by atoms with E-state index in [1.54, 1.807) is 17.5 Å². The van der Waals surface area contributed by atoms with Gasteiger partial charge < -0.3 is 4.74 Å². The number of rotatable bonds is 4. The number of hydrogen-bond acceptors (Lipinski definition) is 4. The van der Waals surface area contributed by atoms with Gasteiger partial charge in [-0.15, -0.1) is 11.3 Å². The molecular formula is C13H19N3OS. The number of hydrogen-bond donors (Lipinski definition) is 0. The van der Waals surface area contributed by atoms with Gasteiger partial charge in [-0.3, -0.25) is 4.68 Å². The van der Waals surface area contributed by atoms with Crippen LogP contribution in [0.4, 0.5) is 0 Å². The fourth-order valence-electron chi connectivity index (χ4n) is 1.46. The second kappa shape index (κ2) is 5.10. The Morgan fingerprint density at radius 2 is 2.17 bits per heavy atom. The second-order valence-electron chi connectivity index (χ2n) is 5.20. The maximum atomic E-state index is 5.67. The molecule has 0 N–H and O–H groups in total. The quantitative estimate of drug-likeness (QED) is 0.852. The van der Waals surface area contributed by atoms with Crippen molar-refractivity contribution in [2.75, 3.05) is 0 Å². The summed E-state index contributed by atoms with van der Waals surface area (Å²) >= 11 is 1.64. The van der Waals surface area contributed by atoms with Gasteiger partial charge in [0.15, 0.2) is 5.75 Å². The predicted octanol–water partition coefficient (Wildman–Crippen LogP) is 3.24. The molecule has 0 aliphatic heterocycles. The Morgan fingerprint density at radius 1 is 1.39 bits per heavy atom. The summed E-state index contributed by atoms with van der Waals surface area (Å²) in [6.07, 6.45) is 3.64. The first-order valence-corrected chi connectivity index (χ1v) is 6.97. The SMILES string of the molecule is CCn1cc(OCc2nc(C(C)(C)C)cs2)cn1. The van der Waals surface area contributed by atoms with Crippen LogP contribution in [0.5, 0.6) is 5.75 Å². The number of thiazole rings is 1. The molecule has 0 atom stereocenters. The smallest absolute Gasteiger partial charge is 0.157 e. The van der Waals surface area contributed by atoms with Crippen molar-refractivity contribution >= 4 is 11.3 Å². The normalized spacial score (nSPS) is 11.8. The van der Waals surface area contributed by atoms with Gasteiger partial charge in [0.2, 0.25) is 0 Å². The van der Waals surface area contributed by atoms with Crippen molar-refractivity contribution in [3.8, 4) is 5.75 Å². The lowest BCUT2D eigenvalue weighted by Gasteiger charge is -2.14. The molecule has 2 aromatic rings. The van der Waals surface area contributed by atoms with E-state index in [4.69, 9.17) is 4.74 Å². The van der Waals surface area contributed by atoms with Gasteiger partial charge in [-0.1, -0.05) is 20.8 Å². The molecule has 0 aliphatic carbocycles. The first kappa shape index (κ1) is 13.1. The molecule has 0 saturated heterocycles. The van der Waals surface area contributed by atoms with E-state index < -0.39 is 0 Å². The molecule has 0 amide bonds. The minimum absolute atomic E-state index is 0.0991. The molecule has 2 heterocycles. The lowest BCUT2D eigenvalue weighted by Crippen LogP contribution is -2.11. The summed E-state index contributed by atoms with van der Waals surface area (Å²) in [4.78, 5) is 4.59. The van der Waals surface area contributed by atoms with Crippen molar-refractivity contribution < 1.29 is 4.74 Å².